The van der Waals surface area contributed by atoms with E-state index in [4.69, 9.17) is 23.2 Å². The smallest absolute Gasteiger partial charge is 0.243 e. The third-order valence-corrected chi connectivity index (χ3v) is 4.36. The van der Waals surface area contributed by atoms with Crippen molar-refractivity contribution in [2.24, 2.45) is 5.92 Å². The SMILES string of the molecule is Cc1cc(Br)ccc1NC(=O)CNC(=O)[C@H]1CC1(Cl)Cl. The quantitative estimate of drug-likeness (QED) is 0.790. The first-order valence-corrected chi connectivity index (χ1v) is 7.56. The molecule has 0 aliphatic heterocycles. The zero-order valence-corrected chi connectivity index (χ0v) is 13.8. The Morgan fingerprint density at radius 1 is 1.45 bits per heavy atom. The summed E-state index contributed by atoms with van der Waals surface area (Å²) < 4.78 is -0.0290. The van der Waals surface area contributed by atoms with E-state index in [0.29, 0.717) is 12.1 Å². The van der Waals surface area contributed by atoms with Crippen molar-refractivity contribution in [1.29, 1.82) is 0 Å². The Morgan fingerprint density at radius 2 is 2.10 bits per heavy atom. The summed E-state index contributed by atoms with van der Waals surface area (Å²) in [6.45, 7) is 1.78. The standard InChI is InChI=1S/C13H13BrCl2N2O2/c1-7-4-8(14)2-3-10(7)18-11(19)6-17-12(20)9-5-13(9,15)16/h2-4,9H,5-6H2,1H3,(H,17,20)(H,18,19)/t9-/m1/s1. The number of halogens is 3. The Bertz CT molecular complexity index is 563. The molecule has 0 unspecified atom stereocenters. The van der Waals surface area contributed by atoms with E-state index < -0.39 is 10.3 Å². The van der Waals surface area contributed by atoms with Gasteiger partial charge in [-0.15, -0.1) is 23.2 Å². The molecule has 1 aliphatic carbocycles. The van der Waals surface area contributed by atoms with E-state index in [2.05, 4.69) is 26.6 Å². The van der Waals surface area contributed by atoms with Crippen LogP contribution in [0.3, 0.4) is 0 Å². The van der Waals surface area contributed by atoms with Gasteiger partial charge in [0.15, 0.2) is 0 Å². The van der Waals surface area contributed by atoms with E-state index in [1.54, 1.807) is 6.07 Å². The van der Waals surface area contributed by atoms with Crippen molar-refractivity contribution in [2.45, 2.75) is 17.7 Å². The van der Waals surface area contributed by atoms with Crippen LogP contribution in [0.5, 0.6) is 0 Å². The van der Waals surface area contributed by atoms with E-state index in [1.807, 2.05) is 19.1 Å². The Labute approximate surface area is 135 Å². The fraction of sp³-hybridized carbons (Fsp3) is 0.385. The maximum absolute atomic E-state index is 11.8. The second kappa shape index (κ2) is 5.92. The van der Waals surface area contributed by atoms with Crippen molar-refractivity contribution in [3.05, 3.63) is 28.2 Å². The number of benzene rings is 1. The van der Waals surface area contributed by atoms with Crippen LogP contribution in [0.25, 0.3) is 0 Å². The van der Waals surface area contributed by atoms with Gasteiger partial charge in [0, 0.05) is 10.2 Å². The molecule has 0 saturated heterocycles. The van der Waals surface area contributed by atoms with E-state index in [0.717, 1.165) is 10.0 Å². The molecule has 1 fully saturated rings. The summed E-state index contributed by atoms with van der Waals surface area (Å²) in [7, 11) is 0. The van der Waals surface area contributed by atoms with Gasteiger partial charge in [0.25, 0.3) is 0 Å². The lowest BCUT2D eigenvalue weighted by molar-refractivity contribution is -0.125. The normalized spacial score (nSPS) is 19.3. The molecule has 1 atom stereocenters. The van der Waals surface area contributed by atoms with Crippen molar-refractivity contribution in [2.75, 3.05) is 11.9 Å². The predicted molar refractivity (Wildman–Crippen MR) is 83.1 cm³/mol. The zero-order chi connectivity index (χ0) is 14.9. The number of nitrogens with one attached hydrogen (secondary N) is 2. The molecule has 2 N–H and O–H groups in total. The summed E-state index contributed by atoms with van der Waals surface area (Å²) in [6, 6.07) is 5.52. The van der Waals surface area contributed by atoms with E-state index in [-0.39, 0.29) is 18.4 Å². The van der Waals surface area contributed by atoms with Crippen LogP contribution in [0, 0.1) is 12.8 Å². The van der Waals surface area contributed by atoms with Crippen LogP contribution in [0.15, 0.2) is 22.7 Å². The Morgan fingerprint density at radius 3 is 2.65 bits per heavy atom. The fourth-order valence-electron chi connectivity index (χ4n) is 1.75. The number of alkyl halides is 2. The molecular weight excluding hydrogens is 367 g/mol. The van der Waals surface area contributed by atoms with Gasteiger partial charge in [-0.25, -0.2) is 0 Å². The fourth-order valence-corrected chi connectivity index (χ4v) is 2.73. The molecule has 7 heteroatoms. The highest BCUT2D eigenvalue weighted by Gasteiger charge is 2.56. The summed E-state index contributed by atoms with van der Waals surface area (Å²) >= 11 is 14.9. The van der Waals surface area contributed by atoms with Crippen molar-refractivity contribution in [3.63, 3.8) is 0 Å². The molecule has 0 aromatic heterocycles. The number of hydrogen-bond donors (Lipinski definition) is 2. The summed E-state index contributed by atoms with van der Waals surface area (Å²) in [5.74, 6) is -1.01. The third kappa shape index (κ3) is 3.87. The molecule has 0 spiro atoms. The van der Waals surface area contributed by atoms with Crippen LogP contribution in [0.2, 0.25) is 0 Å². The van der Waals surface area contributed by atoms with Gasteiger partial charge in [0.05, 0.1) is 12.5 Å². The Balaban J connectivity index is 1.82. The molecule has 0 heterocycles. The van der Waals surface area contributed by atoms with Gasteiger partial charge in [-0.05, 0) is 37.1 Å². The van der Waals surface area contributed by atoms with Gasteiger partial charge in [-0.2, -0.15) is 0 Å². The zero-order valence-electron chi connectivity index (χ0n) is 10.7. The molecule has 0 bridgehead atoms. The number of hydrogen-bond acceptors (Lipinski definition) is 2. The summed E-state index contributed by atoms with van der Waals surface area (Å²) in [5, 5.41) is 5.25. The van der Waals surface area contributed by atoms with Crippen LogP contribution in [0.4, 0.5) is 5.69 Å². The Hall–Kier alpha value is -0.780. The summed E-state index contributed by atoms with van der Waals surface area (Å²) in [6.07, 6.45) is 0.426. The first-order valence-electron chi connectivity index (χ1n) is 6.01. The number of anilines is 1. The van der Waals surface area contributed by atoms with Gasteiger partial charge in [0.1, 0.15) is 4.33 Å². The highest BCUT2D eigenvalue weighted by atomic mass is 79.9. The molecule has 2 amide bonds. The Kier molecular flexibility index (Phi) is 4.62. The van der Waals surface area contributed by atoms with E-state index >= 15 is 0 Å². The van der Waals surface area contributed by atoms with Gasteiger partial charge in [0.2, 0.25) is 11.8 Å². The highest BCUT2D eigenvalue weighted by molar-refractivity contribution is 9.10. The number of carbonyl (C=O) groups is 2. The molecule has 2 rings (SSSR count). The van der Waals surface area contributed by atoms with Gasteiger partial charge in [-0.3, -0.25) is 9.59 Å². The first-order chi connectivity index (χ1) is 9.29. The van der Waals surface area contributed by atoms with Crippen molar-refractivity contribution in [3.8, 4) is 0 Å². The lowest BCUT2D eigenvalue weighted by atomic mass is 10.2. The minimum atomic E-state index is -0.969. The minimum Gasteiger partial charge on any atom is -0.347 e. The summed E-state index contributed by atoms with van der Waals surface area (Å²) in [4.78, 5) is 23.4. The lowest BCUT2D eigenvalue weighted by Crippen LogP contribution is -2.34. The number of carbonyl (C=O) groups excluding carboxylic acids is 2. The molecule has 0 radical (unpaired) electrons. The van der Waals surface area contributed by atoms with E-state index in [1.165, 1.54) is 0 Å². The molecule has 4 nitrogen and oxygen atoms in total. The number of rotatable bonds is 4. The molecule has 1 aromatic rings. The van der Waals surface area contributed by atoms with Crippen LogP contribution < -0.4 is 10.6 Å². The molecule has 20 heavy (non-hydrogen) atoms. The van der Waals surface area contributed by atoms with Gasteiger partial charge in [-0.1, -0.05) is 15.9 Å². The summed E-state index contributed by atoms with van der Waals surface area (Å²) in [5.41, 5.74) is 1.64. The van der Waals surface area contributed by atoms with Gasteiger partial charge >= 0.3 is 0 Å². The minimum absolute atomic E-state index is 0.102. The maximum Gasteiger partial charge on any atom is 0.243 e. The second-order valence-corrected chi connectivity index (χ2v) is 7.20. The largest absolute Gasteiger partial charge is 0.347 e. The monoisotopic (exact) mass is 378 g/mol. The molecule has 1 aromatic carbocycles. The van der Waals surface area contributed by atoms with Crippen LogP contribution in [0.1, 0.15) is 12.0 Å². The number of amides is 2. The van der Waals surface area contributed by atoms with Crippen molar-refractivity contribution < 1.29 is 9.59 Å². The molecular formula is C13H13BrCl2N2O2. The highest BCUT2D eigenvalue weighted by Crippen LogP contribution is 2.53. The topological polar surface area (TPSA) is 58.2 Å². The van der Waals surface area contributed by atoms with Crippen LogP contribution in [-0.2, 0) is 9.59 Å². The second-order valence-electron chi connectivity index (χ2n) is 4.74. The van der Waals surface area contributed by atoms with Crippen molar-refractivity contribution in [1.82, 2.24) is 5.32 Å². The molecule has 1 aliphatic rings. The van der Waals surface area contributed by atoms with E-state index in [9.17, 15) is 9.59 Å². The van der Waals surface area contributed by atoms with Gasteiger partial charge < -0.3 is 10.6 Å². The first kappa shape index (κ1) is 15.6. The lowest BCUT2D eigenvalue weighted by Gasteiger charge is -2.09. The molecule has 1 saturated carbocycles. The average molecular weight is 380 g/mol. The molecule has 108 valence electrons. The van der Waals surface area contributed by atoms with Crippen LogP contribution in [-0.4, -0.2) is 22.7 Å². The van der Waals surface area contributed by atoms with Crippen molar-refractivity contribution >= 4 is 56.6 Å². The third-order valence-electron chi connectivity index (χ3n) is 3.03. The predicted octanol–water partition coefficient (Wildman–Crippen LogP) is 3.01. The maximum atomic E-state index is 11.8. The average Bonchev–Trinajstić information content (AvgIpc) is 2.99. The van der Waals surface area contributed by atoms with Crippen LogP contribution >= 0.6 is 39.1 Å². The number of aryl methyl sites for hydroxylation is 1.